The van der Waals surface area contributed by atoms with Crippen molar-refractivity contribution in [3.05, 3.63) is 53.6 Å². The van der Waals surface area contributed by atoms with Crippen molar-refractivity contribution in [3.8, 4) is 5.75 Å². The molecule has 0 atom stereocenters. The fourth-order valence-corrected chi connectivity index (χ4v) is 3.04. The molecule has 0 unspecified atom stereocenters. The van der Waals surface area contributed by atoms with Gasteiger partial charge in [0.05, 0.1) is 13.7 Å². The molecule has 0 spiro atoms. The van der Waals surface area contributed by atoms with Gasteiger partial charge in [-0.1, -0.05) is 12.1 Å². The molecule has 3 rings (SSSR count). The molecule has 2 aromatic carbocycles. The van der Waals surface area contributed by atoms with E-state index in [1.165, 1.54) is 7.11 Å². The van der Waals surface area contributed by atoms with Crippen molar-refractivity contribution in [2.45, 2.75) is 32.2 Å². The minimum Gasteiger partial charge on any atom is -0.494 e. The maximum atomic E-state index is 12.0. The van der Waals surface area contributed by atoms with Crippen LogP contribution in [0.3, 0.4) is 0 Å². The molecule has 3 amide bonds. The van der Waals surface area contributed by atoms with Crippen LogP contribution in [0.5, 0.6) is 5.75 Å². The normalized spacial score (nSPS) is 12.4. The number of fused-ring (bicyclic) bond motifs is 1. The summed E-state index contributed by atoms with van der Waals surface area (Å²) in [5.41, 5.74) is 3.46. The number of methoxy groups -OCH3 is 1. The number of anilines is 2. The van der Waals surface area contributed by atoms with Crippen molar-refractivity contribution in [3.63, 3.8) is 0 Å². The molecule has 0 aliphatic carbocycles. The van der Waals surface area contributed by atoms with E-state index in [1.807, 2.05) is 30.3 Å². The Morgan fingerprint density at radius 1 is 1.10 bits per heavy atom. The third-order valence-electron chi connectivity index (χ3n) is 4.66. The van der Waals surface area contributed by atoms with Gasteiger partial charge in [-0.25, -0.2) is 4.79 Å². The van der Waals surface area contributed by atoms with E-state index >= 15 is 0 Å². The molecule has 0 aromatic heterocycles. The number of carbonyl (C=O) groups excluding carboxylic acids is 3. The number of nitrogens with one attached hydrogen (secondary N) is 3. The van der Waals surface area contributed by atoms with Gasteiger partial charge in [-0.2, -0.15) is 0 Å². The van der Waals surface area contributed by atoms with Gasteiger partial charge >= 0.3 is 6.09 Å². The highest BCUT2D eigenvalue weighted by Crippen LogP contribution is 2.26. The number of carbonyl (C=O) groups is 3. The molecule has 0 saturated heterocycles. The summed E-state index contributed by atoms with van der Waals surface area (Å²) in [6.45, 7) is 0.848. The van der Waals surface area contributed by atoms with Crippen molar-refractivity contribution in [1.29, 1.82) is 0 Å². The lowest BCUT2D eigenvalue weighted by Gasteiger charge is -2.17. The molecular weight excluding hydrogens is 386 g/mol. The molecule has 2 aromatic rings. The summed E-state index contributed by atoms with van der Waals surface area (Å²) in [6, 6.07) is 12.8. The lowest BCUT2D eigenvalue weighted by atomic mass is 10.0. The van der Waals surface area contributed by atoms with Crippen molar-refractivity contribution in [2.75, 3.05) is 24.4 Å². The first-order valence-corrected chi connectivity index (χ1v) is 9.79. The zero-order valence-corrected chi connectivity index (χ0v) is 16.8. The monoisotopic (exact) mass is 411 g/mol. The first-order valence-electron chi connectivity index (χ1n) is 9.79. The Bertz CT molecular complexity index is 911. The average Bonchev–Trinajstić information content (AvgIpc) is 2.76. The summed E-state index contributed by atoms with van der Waals surface area (Å²) in [5, 5.41) is 8.28. The SMILES string of the molecule is COC(=O)Nc1ccc(CNC(=O)CCCOc2ccc3c(c2)CCC(=O)N3)cc1. The predicted octanol–water partition coefficient (Wildman–Crippen LogP) is 3.23. The van der Waals surface area contributed by atoms with Gasteiger partial charge in [0.15, 0.2) is 0 Å². The smallest absolute Gasteiger partial charge is 0.411 e. The molecule has 30 heavy (non-hydrogen) atoms. The van der Waals surface area contributed by atoms with E-state index in [1.54, 1.807) is 12.1 Å². The van der Waals surface area contributed by atoms with Gasteiger partial charge in [-0.3, -0.25) is 14.9 Å². The topological polar surface area (TPSA) is 106 Å². The van der Waals surface area contributed by atoms with E-state index in [0.717, 1.165) is 22.6 Å². The highest BCUT2D eigenvalue weighted by atomic mass is 16.5. The van der Waals surface area contributed by atoms with Gasteiger partial charge in [0.25, 0.3) is 0 Å². The Labute approximate surface area is 174 Å². The second-order valence-electron chi connectivity index (χ2n) is 6.91. The number of benzene rings is 2. The Morgan fingerprint density at radius 2 is 1.90 bits per heavy atom. The van der Waals surface area contributed by atoms with Crippen LogP contribution in [0.15, 0.2) is 42.5 Å². The molecule has 3 N–H and O–H groups in total. The fourth-order valence-electron chi connectivity index (χ4n) is 3.04. The first-order chi connectivity index (χ1) is 14.5. The predicted molar refractivity (Wildman–Crippen MR) is 112 cm³/mol. The standard InChI is InChI=1S/C22H25N3O5/c1-29-22(28)24-17-7-4-15(5-8-17)14-23-20(26)3-2-12-30-18-9-10-19-16(13-18)6-11-21(27)25-19/h4-5,7-10,13H,2-3,6,11-12,14H2,1H3,(H,23,26)(H,24,28)(H,25,27). The number of hydrogen-bond donors (Lipinski definition) is 3. The Morgan fingerprint density at radius 3 is 2.67 bits per heavy atom. The number of aryl methyl sites for hydroxylation is 1. The largest absolute Gasteiger partial charge is 0.494 e. The second-order valence-corrected chi connectivity index (χ2v) is 6.91. The molecule has 8 nitrogen and oxygen atoms in total. The number of amides is 3. The van der Waals surface area contributed by atoms with E-state index < -0.39 is 6.09 Å². The highest BCUT2D eigenvalue weighted by Gasteiger charge is 2.15. The van der Waals surface area contributed by atoms with Gasteiger partial charge in [0, 0.05) is 30.8 Å². The number of ether oxygens (including phenoxy) is 2. The number of hydrogen-bond acceptors (Lipinski definition) is 5. The van der Waals surface area contributed by atoms with Crippen LogP contribution in [0.2, 0.25) is 0 Å². The molecular formula is C22H25N3O5. The van der Waals surface area contributed by atoms with Crippen LogP contribution in [0, 0.1) is 0 Å². The fraction of sp³-hybridized carbons (Fsp3) is 0.318. The van der Waals surface area contributed by atoms with E-state index in [2.05, 4.69) is 20.7 Å². The van der Waals surface area contributed by atoms with E-state index in [0.29, 0.717) is 44.5 Å². The van der Waals surface area contributed by atoms with Gasteiger partial charge < -0.3 is 20.1 Å². The van der Waals surface area contributed by atoms with Crippen molar-refractivity contribution in [1.82, 2.24) is 5.32 Å². The summed E-state index contributed by atoms with van der Waals surface area (Å²) in [7, 11) is 1.30. The second kappa shape index (κ2) is 10.3. The highest BCUT2D eigenvalue weighted by molar-refractivity contribution is 5.94. The van der Waals surface area contributed by atoms with Crippen LogP contribution in [-0.2, 0) is 27.3 Å². The third kappa shape index (κ3) is 6.23. The molecule has 8 heteroatoms. The van der Waals surface area contributed by atoms with E-state index in [-0.39, 0.29) is 11.8 Å². The minimum absolute atomic E-state index is 0.0379. The minimum atomic E-state index is -0.527. The first kappa shape index (κ1) is 21.2. The van der Waals surface area contributed by atoms with Crippen LogP contribution in [0.25, 0.3) is 0 Å². The quantitative estimate of drug-likeness (QED) is 0.579. The lowest BCUT2D eigenvalue weighted by molar-refractivity contribution is -0.121. The van der Waals surface area contributed by atoms with Gasteiger partial charge in [0.1, 0.15) is 5.75 Å². The van der Waals surface area contributed by atoms with Gasteiger partial charge in [-0.05, 0) is 54.3 Å². The Balaban J connectivity index is 1.34. The van der Waals surface area contributed by atoms with Crippen LogP contribution >= 0.6 is 0 Å². The summed E-state index contributed by atoms with van der Waals surface area (Å²) in [4.78, 5) is 34.6. The van der Waals surface area contributed by atoms with Crippen LogP contribution in [0.4, 0.5) is 16.2 Å². The van der Waals surface area contributed by atoms with E-state index in [4.69, 9.17) is 4.74 Å². The van der Waals surface area contributed by atoms with E-state index in [9.17, 15) is 14.4 Å². The maximum absolute atomic E-state index is 12.0. The molecule has 0 radical (unpaired) electrons. The summed E-state index contributed by atoms with van der Waals surface area (Å²) in [5.74, 6) is 0.727. The molecule has 0 fully saturated rings. The van der Waals surface area contributed by atoms with Crippen molar-refractivity contribution in [2.24, 2.45) is 0 Å². The summed E-state index contributed by atoms with van der Waals surface area (Å²) < 4.78 is 10.3. The molecule has 158 valence electrons. The molecule has 1 aliphatic rings. The zero-order valence-electron chi connectivity index (χ0n) is 16.8. The summed E-state index contributed by atoms with van der Waals surface area (Å²) in [6.07, 6.45) is 1.63. The molecule has 1 heterocycles. The molecule has 0 saturated carbocycles. The maximum Gasteiger partial charge on any atom is 0.411 e. The van der Waals surface area contributed by atoms with Crippen molar-refractivity contribution < 1.29 is 23.9 Å². The van der Waals surface area contributed by atoms with Crippen LogP contribution < -0.4 is 20.7 Å². The molecule has 1 aliphatic heterocycles. The van der Waals surface area contributed by atoms with Crippen LogP contribution in [-0.4, -0.2) is 31.6 Å². The van der Waals surface area contributed by atoms with Gasteiger partial charge in [-0.15, -0.1) is 0 Å². The third-order valence-corrected chi connectivity index (χ3v) is 4.66. The average molecular weight is 411 g/mol. The van der Waals surface area contributed by atoms with Gasteiger partial charge in [0.2, 0.25) is 11.8 Å². The Kier molecular flexibility index (Phi) is 7.26. The zero-order chi connectivity index (χ0) is 21.3. The van der Waals surface area contributed by atoms with Crippen LogP contribution in [0.1, 0.15) is 30.4 Å². The number of rotatable bonds is 8. The Hall–Kier alpha value is -3.55. The van der Waals surface area contributed by atoms with Crippen molar-refractivity contribution >= 4 is 29.3 Å². The summed E-state index contributed by atoms with van der Waals surface area (Å²) >= 11 is 0. The molecule has 0 bridgehead atoms. The lowest BCUT2D eigenvalue weighted by Crippen LogP contribution is -2.23.